The maximum absolute atomic E-state index is 13.5. The average Bonchev–Trinajstić information content (AvgIpc) is 3.47. The van der Waals surface area contributed by atoms with E-state index >= 15 is 0 Å². The van der Waals surface area contributed by atoms with Crippen molar-refractivity contribution < 1.29 is 28.6 Å². The highest BCUT2D eigenvalue weighted by atomic mass is 19.1. The molecule has 2 fully saturated rings. The Morgan fingerprint density at radius 1 is 1.00 bits per heavy atom. The lowest BCUT2D eigenvalue weighted by atomic mass is 9.95. The third-order valence-corrected chi connectivity index (χ3v) is 6.23. The Morgan fingerprint density at radius 3 is 2.46 bits per heavy atom. The van der Waals surface area contributed by atoms with Crippen molar-refractivity contribution >= 4 is 17.4 Å². The molecule has 0 radical (unpaired) electrons. The van der Waals surface area contributed by atoms with E-state index in [0.717, 1.165) is 12.8 Å². The van der Waals surface area contributed by atoms with Gasteiger partial charge in [0.25, 0.3) is 11.7 Å². The Balaban J connectivity index is 1.58. The summed E-state index contributed by atoms with van der Waals surface area (Å²) in [6.45, 7) is 0.828. The van der Waals surface area contributed by atoms with Crippen LogP contribution < -0.4 is 4.74 Å². The lowest BCUT2D eigenvalue weighted by molar-refractivity contribution is -0.140. The number of amides is 1. The molecule has 2 heterocycles. The van der Waals surface area contributed by atoms with Gasteiger partial charge in [-0.2, -0.15) is 0 Å². The number of carbonyl (C=O) groups excluding carboxylic acids is 2. The number of nitrogens with zero attached hydrogens (tertiary/aromatic N) is 1. The molecule has 2 unspecified atom stereocenters. The molecule has 1 amide bonds. The number of benzene rings is 3. The van der Waals surface area contributed by atoms with Gasteiger partial charge in [-0.15, -0.1) is 0 Å². The predicted molar refractivity (Wildman–Crippen MR) is 127 cm³/mol. The highest BCUT2D eigenvalue weighted by Gasteiger charge is 2.47. The average molecular weight is 474 g/mol. The number of ether oxygens (including phenoxy) is 2. The van der Waals surface area contributed by atoms with E-state index in [9.17, 15) is 19.1 Å². The number of rotatable bonds is 6. The molecule has 0 spiro atoms. The van der Waals surface area contributed by atoms with Crippen LogP contribution in [0.25, 0.3) is 5.76 Å². The van der Waals surface area contributed by atoms with Crippen LogP contribution in [0, 0.1) is 5.82 Å². The first kappa shape index (κ1) is 22.8. The molecule has 35 heavy (non-hydrogen) atoms. The van der Waals surface area contributed by atoms with Crippen LogP contribution in [0.2, 0.25) is 0 Å². The molecule has 0 aromatic heterocycles. The number of hydrogen-bond acceptors (Lipinski definition) is 5. The monoisotopic (exact) mass is 473 g/mol. The smallest absolute Gasteiger partial charge is 0.295 e. The van der Waals surface area contributed by atoms with Crippen LogP contribution in [0.3, 0.4) is 0 Å². The van der Waals surface area contributed by atoms with E-state index in [0.29, 0.717) is 23.7 Å². The van der Waals surface area contributed by atoms with Gasteiger partial charge in [0.05, 0.1) is 17.7 Å². The second-order valence-electron chi connectivity index (χ2n) is 8.58. The molecule has 178 valence electrons. The second-order valence-corrected chi connectivity index (χ2v) is 8.58. The fourth-order valence-electron chi connectivity index (χ4n) is 4.56. The maximum atomic E-state index is 13.5. The molecular formula is C28H24FNO5. The molecular weight excluding hydrogens is 449 g/mol. The molecule has 0 aliphatic carbocycles. The van der Waals surface area contributed by atoms with Gasteiger partial charge in [0.2, 0.25) is 0 Å². The van der Waals surface area contributed by atoms with Crippen molar-refractivity contribution in [2.45, 2.75) is 25.0 Å². The minimum Gasteiger partial charge on any atom is -0.507 e. The molecule has 0 bridgehead atoms. The molecule has 3 aromatic rings. The van der Waals surface area contributed by atoms with E-state index in [1.807, 2.05) is 30.3 Å². The van der Waals surface area contributed by atoms with Crippen molar-refractivity contribution in [2.24, 2.45) is 0 Å². The Hall–Kier alpha value is -3.97. The molecule has 2 atom stereocenters. The van der Waals surface area contributed by atoms with Crippen molar-refractivity contribution in [3.05, 3.63) is 101 Å². The zero-order chi connectivity index (χ0) is 24.4. The van der Waals surface area contributed by atoms with Gasteiger partial charge in [-0.25, -0.2) is 4.39 Å². The first-order chi connectivity index (χ1) is 17.0. The molecule has 0 saturated carbocycles. The summed E-state index contributed by atoms with van der Waals surface area (Å²) >= 11 is 0. The number of aliphatic hydroxyl groups is 1. The summed E-state index contributed by atoms with van der Waals surface area (Å²) in [4.78, 5) is 27.8. The number of Topliss-reactive ketones (excluding diaryl/α,β-unsaturated/α-hetero) is 1. The highest BCUT2D eigenvalue weighted by molar-refractivity contribution is 6.46. The van der Waals surface area contributed by atoms with Crippen molar-refractivity contribution in [3.8, 4) is 11.5 Å². The van der Waals surface area contributed by atoms with Gasteiger partial charge in [0, 0.05) is 18.7 Å². The summed E-state index contributed by atoms with van der Waals surface area (Å²) in [6.07, 6.45) is 1.48. The Morgan fingerprint density at radius 2 is 1.74 bits per heavy atom. The number of halogens is 1. The summed E-state index contributed by atoms with van der Waals surface area (Å²) in [5.41, 5.74) is 0.818. The quantitative estimate of drug-likeness (QED) is 0.302. The molecule has 2 saturated heterocycles. The maximum Gasteiger partial charge on any atom is 0.295 e. The van der Waals surface area contributed by atoms with Gasteiger partial charge in [0.15, 0.2) is 0 Å². The van der Waals surface area contributed by atoms with Crippen LogP contribution in [0.15, 0.2) is 84.4 Å². The van der Waals surface area contributed by atoms with Crippen molar-refractivity contribution in [1.82, 2.24) is 4.90 Å². The second kappa shape index (κ2) is 9.72. The summed E-state index contributed by atoms with van der Waals surface area (Å²) < 4.78 is 25.2. The number of aliphatic hydroxyl groups excluding tert-OH is 1. The molecule has 5 rings (SSSR count). The molecule has 1 N–H and O–H groups in total. The summed E-state index contributed by atoms with van der Waals surface area (Å²) in [7, 11) is 0. The molecule has 7 heteroatoms. The number of ketones is 1. The van der Waals surface area contributed by atoms with Crippen LogP contribution in [0.4, 0.5) is 4.39 Å². The van der Waals surface area contributed by atoms with Crippen LogP contribution in [-0.2, 0) is 14.3 Å². The summed E-state index contributed by atoms with van der Waals surface area (Å²) in [5, 5.41) is 11.1. The fourth-order valence-corrected chi connectivity index (χ4v) is 4.56. The normalized spacial score (nSPS) is 21.5. The highest BCUT2D eigenvalue weighted by Crippen LogP contribution is 2.41. The van der Waals surface area contributed by atoms with Gasteiger partial charge in [0.1, 0.15) is 23.1 Å². The lowest BCUT2D eigenvalue weighted by Crippen LogP contribution is -2.36. The number of carbonyl (C=O) groups is 2. The van der Waals surface area contributed by atoms with E-state index < -0.39 is 23.5 Å². The zero-order valence-electron chi connectivity index (χ0n) is 18.9. The molecule has 2 aliphatic heterocycles. The zero-order valence-corrected chi connectivity index (χ0v) is 18.9. The van der Waals surface area contributed by atoms with E-state index in [1.54, 1.807) is 24.3 Å². The van der Waals surface area contributed by atoms with E-state index in [4.69, 9.17) is 9.47 Å². The van der Waals surface area contributed by atoms with Crippen LogP contribution in [0.1, 0.15) is 30.0 Å². The van der Waals surface area contributed by atoms with E-state index in [1.165, 1.54) is 29.2 Å². The SMILES string of the molecule is O=C1C(=O)N(CC2CCCO2)C(c2cccc(Oc3ccccc3)c2)/C1=C(\O)c1ccc(F)cc1. The van der Waals surface area contributed by atoms with Crippen LogP contribution in [0.5, 0.6) is 11.5 Å². The topological polar surface area (TPSA) is 76.1 Å². The Kier molecular flexibility index (Phi) is 6.33. The van der Waals surface area contributed by atoms with Crippen molar-refractivity contribution in [1.29, 1.82) is 0 Å². The standard InChI is InChI=1S/C28H24FNO5/c29-20-13-11-18(12-14-20)26(31)24-25(30(28(33)27(24)32)17-23-10-5-15-34-23)19-6-4-9-22(16-19)35-21-7-2-1-3-8-21/h1-4,6-9,11-14,16,23,25,31H,5,10,15,17H2/b26-24+. The van der Waals surface area contributed by atoms with Crippen molar-refractivity contribution in [2.75, 3.05) is 13.2 Å². The summed E-state index contributed by atoms with van der Waals surface area (Å²) in [6, 6.07) is 20.7. The van der Waals surface area contributed by atoms with Gasteiger partial charge in [-0.3, -0.25) is 9.59 Å². The molecule has 3 aromatic carbocycles. The predicted octanol–water partition coefficient (Wildman–Crippen LogP) is 5.22. The largest absolute Gasteiger partial charge is 0.507 e. The number of para-hydroxylation sites is 1. The molecule has 6 nitrogen and oxygen atoms in total. The minimum absolute atomic E-state index is 0.0449. The van der Waals surface area contributed by atoms with Gasteiger partial charge in [-0.1, -0.05) is 30.3 Å². The minimum atomic E-state index is -0.844. The number of hydrogen-bond donors (Lipinski definition) is 1. The third kappa shape index (κ3) is 4.68. The van der Waals surface area contributed by atoms with E-state index in [-0.39, 0.29) is 29.5 Å². The lowest BCUT2D eigenvalue weighted by Gasteiger charge is -2.27. The Bertz CT molecular complexity index is 1270. The van der Waals surface area contributed by atoms with E-state index in [2.05, 4.69) is 0 Å². The first-order valence-corrected chi connectivity index (χ1v) is 11.5. The summed E-state index contributed by atoms with van der Waals surface area (Å²) in [5.74, 6) is -1.14. The fraction of sp³-hybridized carbons (Fsp3) is 0.214. The van der Waals surface area contributed by atoms with Gasteiger partial charge in [-0.05, 0) is 66.9 Å². The first-order valence-electron chi connectivity index (χ1n) is 11.5. The number of likely N-dealkylation sites (tertiary alicyclic amines) is 1. The van der Waals surface area contributed by atoms with Gasteiger partial charge >= 0.3 is 0 Å². The van der Waals surface area contributed by atoms with Crippen LogP contribution >= 0.6 is 0 Å². The molecule has 2 aliphatic rings. The van der Waals surface area contributed by atoms with Crippen LogP contribution in [-0.4, -0.2) is 41.0 Å². The van der Waals surface area contributed by atoms with Crippen molar-refractivity contribution in [3.63, 3.8) is 0 Å². The van der Waals surface area contributed by atoms with Gasteiger partial charge < -0.3 is 19.5 Å². The third-order valence-electron chi connectivity index (χ3n) is 6.23. The Labute approximate surface area is 202 Å².